The van der Waals surface area contributed by atoms with Crippen LogP contribution in [0.1, 0.15) is 0 Å². The number of anilines is 3. The molecule has 0 aliphatic carbocycles. The van der Waals surface area contributed by atoms with Crippen LogP contribution < -0.4 is 4.90 Å². The number of thiophene rings is 2. The Bertz CT molecular complexity index is 3080. The van der Waals surface area contributed by atoms with E-state index in [-0.39, 0.29) is 0 Å². The Morgan fingerprint density at radius 2 is 0.691 bits per heavy atom. The Balaban J connectivity index is 1.07. The van der Waals surface area contributed by atoms with Crippen LogP contribution in [0.2, 0.25) is 0 Å². The maximum Gasteiger partial charge on any atom is 0.0467 e. The van der Waals surface area contributed by atoms with Crippen molar-refractivity contribution in [2.24, 2.45) is 0 Å². The molecule has 0 bridgehead atoms. The van der Waals surface area contributed by atoms with Crippen molar-refractivity contribution in [3.05, 3.63) is 200 Å². The number of benzene rings is 9. The quantitative estimate of drug-likeness (QED) is 0.164. The van der Waals surface area contributed by atoms with Crippen molar-refractivity contribution >= 4 is 90.9 Å². The van der Waals surface area contributed by atoms with Crippen LogP contribution in [0.15, 0.2) is 200 Å². The highest BCUT2D eigenvalue weighted by Crippen LogP contribution is 2.43. The molecule has 0 N–H and O–H groups in total. The van der Waals surface area contributed by atoms with E-state index in [0.717, 1.165) is 17.1 Å². The Morgan fingerprint density at radius 3 is 1.27 bits per heavy atom. The van der Waals surface area contributed by atoms with E-state index in [2.05, 4.69) is 205 Å². The van der Waals surface area contributed by atoms with Crippen molar-refractivity contribution in [2.75, 3.05) is 4.90 Å². The standard InChI is InChI=1S/C52H33NS2/c1-2-19-43-34(11-1)12-10-22-44(43)39-15-9-18-42(31-39)53(40-16-7-13-35(29-40)37-25-27-51-47(32-37)45-20-3-5-23-49(45)54-51)41-17-8-14-36(30-41)38-26-28-52-48(33-38)46-21-4-6-24-50(46)55-52/h1-33H. The van der Waals surface area contributed by atoms with Crippen molar-refractivity contribution in [1.29, 1.82) is 0 Å². The molecule has 0 amide bonds. The van der Waals surface area contributed by atoms with Crippen molar-refractivity contribution < 1.29 is 0 Å². The van der Waals surface area contributed by atoms with Gasteiger partial charge in [0.05, 0.1) is 0 Å². The molecular formula is C52H33NS2. The molecule has 0 aliphatic rings. The maximum absolute atomic E-state index is 2.42. The van der Waals surface area contributed by atoms with Gasteiger partial charge < -0.3 is 4.90 Å². The molecule has 55 heavy (non-hydrogen) atoms. The summed E-state index contributed by atoms with van der Waals surface area (Å²) in [5.41, 5.74) is 10.6. The lowest BCUT2D eigenvalue weighted by Gasteiger charge is -2.27. The Hall–Kier alpha value is -6.52. The largest absolute Gasteiger partial charge is 0.310 e. The summed E-state index contributed by atoms with van der Waals surface area (Å²) in [6.45, 7) is 0. The molecule has 11 aromatic rings. The summed E-state index contributed by atoms with van der Waals surface area (Å²) in [5, 5.41) is 7.76. The van der Waals surface area contributed by atoms with Crippen LogP contribution in [0.3, 0.4) is 0 Å². The zero-order chi connectivity index (χ0) is 36.3. The van der Waals surface area contributed by atoms with E-state index in [1.54, 1.807) is 0 Å². The van der Waals surface area contributed by atoms with Gasteiger partial charge in [-0.3, -0.25) is 0 Å². The fourth-order valence-electron chi connectivity index (χ4n) is 8.20. The zero-order valence-electron chi connectivity index (χ0n) is 29.8. The highest BCUT2D eigenvalue weighted by Gasteiger charge is 2.17. The van der Waals surface area contributed by atoms with E-state index in [9.17, 15) is 0 Å². The van der Waals surface area contributed by atoms with Gasteiger partial charge in [0.25, 0.3) is 0 Å². The predicted molar refractivity (Wildman–Crippen MR) is 241 cm³/mol. The van der Waals surface area contributed by atoms with Crippen LogP contribution in [-0.4, -0.2) is 0 Å². The SMILES string of the molecule is c1cc(-c2ccc3sc4ccccc4c3c2)cc(N(c2cccc(-c3ccc4sc5ccccc5c4c3)c2)c2cccc(-c3cccc4ccccc34)c2)c1. The minimum Gasteiger partial charge on any atom is -0.310 e. The molecule has 2 aromatic heterocycles. The average molecular weight is 736 g/mol. The molecular weight excluding hydrogens is 703 g/mol. The van der Waals surface area contributed by atoms with Crippen molar-refractivity contribution in [3.8, 4) is 33.4 Å². The number of nitrogens with zero attached hydrogens (tertiary/aromatic N) is 1. The van der Waals surface area contributed by atoms with Crippen LogP contribution in [0.4, 0.5) is 17.1 Å². The highest BCUT2D eigenvalue weighted by molar-refractivity contribution is 7.26. The third kappa shape index (κ3) is 5.60. The molecule has 0 atom stereocenters. The molecule has 0 aliphatic heterocycles. The highest BCUT2D eigenvalue weighted by atomic mass is 32.1. The molecule has 11 rings (SSSR count). The minimum atomic E-state index is 1.11. The Labute approximate surface area is 327 Å². The molecule has 0 saturated carbocycles. The lowest BCUT2D eigenvalue weighted by Crippen LogP contribution is -2.10. The third-order valence-electron chi connectivity index (χ3n) is 10.8. The number of hydrogen-bond acceptors (Lipinski definition) is 3. The van der Waals surface area contributed by atoms with Gasteiger partial charge in [-0.15, -0.1) is 22.7 Å². The molecule has 3 heteroatoms. The summed E-state index contributed by atoms with van der Waals surface area (Å²) >= 11 is 3.72. The number of fused-ring (bicyclic) bond motifs is 7. The second kappa shape index (κ2) is 13.1. The van der Waals surface area contributed by atoms with Crippen LogP contribution in [0.5, 0.6) is 0 Å². The van der Waals surface area contributed by atoms with Gasteiger partial charge in [-0.1, -0.05) is 127 Å². The van der Waals surface area contributed by atoms with Gasteiger partial charge in [-0.2, -0.15) is 0 Å². The van der Waals surface area contributed by atoms with Crippen LogP contribution in [0.25, 0.3) is 84.5 Å². The fraction of sp³-hybridized carbons (Fsp3) is 0. The molecule has 0 spiro atoms. The van der Waals surface area contributed by atoms with Gasteiger partial charge in [0.15, 0.2) is 0 Å². The smallest absolute Gasteiger partial charge is 0.0467 e. The average Bonchev–Trinajstić information content (AvgIpc) is 3.82. The first-order valence-electron chi connectivity index (χ1n) is 18.7. The van der Waals surface area contributed by atoms with E-state index in [0.29, 0.717) is 0 Å². The normalized spacial score (nSPS) is 11.6. The fourth-order valence-corrected chi connectivity index (χ4v) is 10.4. The van der Waals surface area contributed by atoms with Crippen molar-refractivity contribution in [3.63, 3.8) is 0 Å². The molecule has 0 unspecified atom stereocenters. The minimum absolute atomic E-state index is 1.11. The zero-order valence-corrected chi connectivity index (χ0v) is 31.4. The Kier molecular flexibility index (Phi) is 7.61. The summed E-state index contributed by atoms with van der Waals surface area (Å²) in [6, 6.07) is 73.6. The Morgan fingerprint density at radius 1 is 0.273 bits per heavy atom. The molecule has 258 valence electrons. The van der Waals surface area contributed by atoms with E-state index in [4.69, 9.17) is 0 Å². The van der Waals surface area contributed by atoms with E-state index in [1.165, 1.54) is 84.5 Å². The van der Waals surface area contributed by atoms with E-state index < -0.39 is 0 Å². The lowest BCUT2D eigenvalue weighted by molar-refractivity contribution is 1.28. The number of rotatable bonds is 6. The topological polar surface area (TPSA) is 3.24 Å². The summed E-state index contributed by atoms with van der Waals surface area (Å²) in [4.78, 5) is 2.42. The van der Waals surface area contributed by atoms with Gasteiger partial charge in [-0.05, 0) is 117 Å². The van der Waals surface area contributed by atoms with E-state index >= 15 is 0 Å². The number of hydrogen-bond donors (Lipinski definition) is 0. The molecule has 2 heterocycles. The van der Waals surface area contributed by atoms with Gasteiger partial charge in [-0.25, -0.2) is 0 Å². The second-order valence-electron chi connectivity index (χ2n) is 14.1. The maximum atomic E-state index is 2.42. The summed E-state index contributed by atoms with van der Waals surface area (Å²) < 4.78 is 5.29. The van der Waals surface area contributed by atoms with Crippen molar-refractivity contribution in [2.45, 2.75) is 0 Å². The molecule has 0 radical (unpaired) electrons. The van der Waals surface area contributed by atoms with E-state index in [1.807, 2.05) is 22.7 Å². The third-order valence-corrected chi connectivity index (χ3v) is 13.1. The summed E-state index contributed by atoms with van der Waals surface area (Å²) in [7, 11) is 0. The molecule has 1 nitrogen and oxygen atoms in total. The van der Waals surface area contributed by atoms with Gasteiger partial charge in [0, 0.05) is 57.4 Å². The van der Waals surface area contributed by atoms with Gasteiger partial charge in [0.1, 0.15) is 0 Å². The van der Waals surface area contributed by atoms with Crippen molar-refractivity contribution in [1.82, 2.24) is 0 Å². The molecule has 0 fully saturated rings. The summed E-state index contributed by atoms with van der Waals surface area (Å²) in [6.07, 6.45) is 0. The molecule has 0 saturated heterocycles. The second-order valence-corrected chi connectivity index (χ2v) is 16.3. The van der Waals surface area contributed by atoms with Crippen LogP contribution in [0, 0.1) is 0 Å². The lowest BCUT2D eigenvalue weighted by atomic mass is 9.97. The predicted octanol–water partition coefficient (Wildman–Crippen LogP) is 16.0. The molecule has 9 aromatic carbocycles. The van der Waals surface area contributed by atoms with Crippen LogP contribution >= 0.6 is 22.7 Å². The van der Waals surface area contributed by atoms with Gasteiger partial charge >= 0.3 is 0 Å². The first-order valence-corrected chi connectivity index (χ1v) is 20.3. The first-order chi connectivity index (χ1) is 27.2. The first kappa shape index (κ1) is 32.0. The monoisotopic (exact) mass is 735 g/mol. The van der Waals surface area contributed by atoms with Crippen LogP contribution in [-0.2, 0) is 0 Å². The summed E-state index contributed by atoms with van der Waals surface area (Å²) in [5.74, 6) is 0. The van der Waals surface area contributed by atoms with Gasteiger partial charge in [0.2, 0.25) is 0 Å².